The number of rotatable bonds is 6. The van der Waals surface area contributed by atoms with E-state index in [0.29, 0.717) is 0 Å². The molecule has 1 atom stereocenters. The highest BCUT2D eigenvalue weighted by atomic mass is 32.1. The summed E-state index contributed by atoms with van der Waals surface area (Å²) in [6.07, 6.45) is -0.170. The van der Waals surface area contributed by atoms with Crippen LogP contribution >= 0.6 is 12.2 Å². The lowest BCUT2D eigenvalue weighted by molar-refractivity contribution is -0.151. The van der Waals surface area contributed by atoms with E-state index < -0.39 is 18.0 Å². The molecule has 0 aromatic rings. The predicted molar refractivity (Wildman–Crippen MR) is 56.7 cm³/mol. The van der Waals surface area contributed by atoms with Crippen molar-refractivity contribution in [3.63, 3.8) is 0 Å². The van der Waals surface area contributed by atoms with Crippen LogP contribution in [0.25, 0.3) is 0 Å². The van der Waals surface area contributed by atoms with Crippen LogP contribution < -0.4 is 0 Å². The van der Waals surface area contributed by atoms with Crippen LogP contribution in [-0.2, 0) is 19.1 Å². The Hall–Kier alpha value is -1.26. The van der Waals surface area contributed by atoms with Gasteiger partial charge in [-0.2, -0.15) is 0 Å². The minimum Gasteiger partial charge on any atom is -0.466 e. The zero-order chi connectivity index (χ0) is 11.7. The van der Waals surface area contributed by atoms with Gasteiger partial charge < -0.3 is 9.47 Å². The first-order chi connectivity index (χ1) is 7.15. The molecule has 0 N–H and O–H groups in total. The zero-order valence-corrected chi connectivity index (χ0v) is 9.50. The van der Waals surface area contributed by atoms with Gasteiger partial charge in [0.2, 0.25) is 0 Å². The number of hydrogen-bond acceptors (Lipinski definition) is 6. The van der Waals surface area contributed by atoms with Gasteiger partial charge in [-0.25, -0.2) is 9.79 Å². The van der Waals surface area contributed by atoms with Gasteiger partial charge >= 0.3 is 11.9 Å². The minimum atomic E-state index is -0.943. The molecule has 0 radical (unpaired) electrons. The van der Waals surface area contributed by atoms with Crippen LogP contribution in [0.5, 0.6) is 0 Å². The number of thiocarbonyl (C=S) groups is 1. The molecule has 5 nitrogen and oxygen atoms in total. The maximum absolute atomic E-state index is 11.3. The van der Waals surface area contributed by atoms with Crippen molar-refractivity contribution >= 4 is 29.3 Å². The molecular weight excluding hydrogens is 218 g/mol. The maximum Gasteiger partial charge on any atom is 0.332 e. The Labute approximate surface area is 93.5 Å². The molecule has 15 heavy (non-hydrogen) atoms. The molecule has 0 aliphatic carbocycles. The Morgan fingerprint density at radius 3 is 2.40 bits per heavy atom. The van der Waals surface area contributed by atoms with E-state index in [-0.39, 0.29) is 19.6 Å². The summed E-state index contributed by atoms with van der Waals surface area (Å²) in [5.74, 6) is -1.10. The Balaban J connectivity index is 4.33. The molecule has 0 aliphatic rings. The van der Waals surface area contributed by atoms with Crippen molar-refractivity contribution in [3.05, 3.63) is 0 Å². The fourth-order valence-corrected chi connectivity index (χ4v) is 0.989. The first-order valence-electron chi connectivity index (χ1n) is 4.54. The zero-order valence-electron chi connectivity index (χ0n) is 8.69. The van der Waals surface area contributed by atoms with Gasteiger partial charge in [-0.05, 0) is 26.1 Å². The van der Waals surface area contributed by atoms with Crippen molar-refractivity contribution in [2.24, 2.45) is 4.99 Å². The lowest BCUT2D eigenvalue weighted by Crippen LogP contribution is -2.25. The van der Waals surface area contributed by atoms with Crippen molar-refractivity contribution in [2.75, 3.05) is 13.2 Å². The predicted octanol–water partition coefficient (Wildman–Crippen LogP) is 0.974. The summed E-state index contributed by atoms with van der Waals surface area (Å²) in [5.41, 5.74) is 0. The van der Waals surface area contributed by atoms with Gasteiger partial charge in [-0.1, -0.05) is 0 Å². The minimum absolute atomic E-state index is 0.170. The molecule has 0 fully saturated rings. The number of hydrogen-bond donors (Lipinski definition) is 0. The van der Waals surface area contributed by atoms with Crippen LogP contribution in [-0.4, -0.2) is 36.4 Å². The van der Waals surface area contributed by atoms with E-state index >= 15 is 0 Å². The van der Waals surface area contributed by atoms with E-state index in [1.54, 1.807) is 13.8 Å². The van der Waals surface area contributed by atoms with Crippen LogP contribution in [0.1, 0.15) is 20.3 Å². The molecule has 0 saturated heterocycles. The van der Waals surface area contributed by atoms with E-state index in [1.807, 2.05) is 0 Å². The molecule has 0 heterocycles. The smallest absolute Gasteiger partial charge is 0.332 e. The maximum atomic E-state index is 11.3. The molecule has 0 rings (SSSR count). The highest BCUT2D eigenvalue weighted by Crippen LogP contribution is 2.02. The third kappa shape index (κ3) is 5.93. The Morgan fingerprint density at radius 2 is 1.93 bits per heavy atom. The number of aliphatic imine (C=N–C) groups is 1. The summed E-state index contributed by atoms with van der Waals surface area (Å²) in [6.45, 7) is 3.83. The van der Waals surface area contributed by atoms with Crippen LogP contribution in [0.4, 0.5) is 0 Å². The van der Waals surface area contributed by atoms with E-state index in [4.69, 9.17) is 4.74 Å². The number of nitrogens with zero attached hydrogens (tertiary/aromatic N) is 1. The summed E-state index contributed by atoms with van der Waals surface area (Å²) < 4.78 is 9.39. The topological polar surface area (TPSA) is 65.0 Å². The van der Waals surface area contributed by atoms with Crippen molar-refractivity contribution in [1.29, 1.82) is 0 Å². The average Bonchev–Trinajstić information content (AvgIpc) is 2.18. The Morgan fingerprint density at radius 1 is 1.33 bits per heavy atom. The Kier molecular flexibility index (Phi) is 7.40. The Bertz CT molecular complexity index is 273. The first-order valence-corrected chi connectivity index (χ1v) is 4.95. The molecule has 0 bridgehead atoms. The molecular formula is C9H13NO4S. The third-order valence-electron chi connectivity index (χ3n) is 1.43. The lowest BCUT2D eigenvalue weighted by Gasteiger charge is -2.08. The van der Waals surface area contributed by atoms with Crippen LogP contribution in [0, 0.1) is 0 Å². The molecule has 0 amide bonds. The standard InChI is InChI=1S/C9H13NO4S/c1-3-13-8(11)5-7(10-6-15)9(12)14-4-2/h7H,3-5H2,1-2H3/t7-/m1/s1. The van der Waals surface area contributed by atoms with Crippen LogP contribution in [0.3, 0.4) is 0 Å². The summed E-state index contributed by atoms with van der Waals surface area (Å²) in [4.78, 5) is 25.9. The van der Waals surface area contributed by atoms with Crippen LogP contribution in [0.15, 0.2) is 4.99 Å². The molecule has 0 saturated carbocycles. The first kappa shape index (κ1) is 13.7. The largest absolute Gasteiger partial charge is 0.466 e. The van der Waals surface area contributed by atoms with Gasteiger partial charge in [0.25, 0.3) is 0 Å². The number of carbonyl (C=O) groups is 2. The summed E-state index contributed by atoms with van der Waals surface area (Å²) in [5, 5.41) is 2.05. The second kappa shape index (κ2) is 8.08. The van der Waals surface area contributed by atoms with Gasteiger partial charge in [0.1, 0.15) is 0 Å². The van der Waals surface area contributed by atoms with E-state index in [1.165, 1.54) is 0 Å². The lowest BCUT2D eigenvalue weighted by atomic mass is 10.2. The molecule has 84 valence electrons. The van der Waals surface area contributed by atoms with Gasteiger partial charge in [0.15, 0.2) is 6.04 Å². The molecule has 0 aromatic heterocycles. The highest BCUT2D eigenvalue weighted by Gasteiger charge is 2.22. The summed E-state index contributed by atoms with van der Waals surface area (Å²) in [6, 6.07) is -0.943. The fraction of sp³-hybridized carbons (Fsp3) is 0.667. The van der Waals surface area contributed by atoms with Gasteiger partial charge in [0, 0.05) is 0 Å². The van der Waals surface area contributed by atoms with Crippen LogP contribution in [0.2, 0.25) is 0 Å². The normalized spacial score (nSPS) is 11.1. The highest BCUT2D eigenvalue weighted by molar-refractivity contribution is 7.78. The molecule has 6 heteroatoms. The van der Waals surface area contributed by atoms with Crippen molar-refractivity contribution < 1.29 is 19.1 Å². The van der Waals surface area contributed by atoms with E-state index in [0.717, 1.165) is 0 Å². The second-order valence-corrected chi connectivity index (χ2v) is 2.68. The molecule has 0 unspecified atom stereocenters. The van der Waals surface area contributed by atoms with E-state index in [2.05, 4.69) is 27.1 Å². The van der Waals surface area contributed by atoms with Crippen molar-refractivity contribution in [3.8, 4) is 0 Å². The fourth-order valence-electron chi connectivity index (χ4n) is 0.862. The molecule has 0 aromatic carbocycles. The number of esters is 2. The second-order valence-electron chi connectivity index (χ2n) is 2.50. The molecule has 0 spiro atoms. The van der Waals surface area contributed by atoms with Gasteiger partial charge in [-0.3, -0.25) is 4.79 Å². The quantitative estimate of drug-likeness (QED) is 0.387. The van der Waals surface area contributed by atoms with E-state index in [9.17, 15) is 9.59 Å². The monoisotopic (exact) mass is 231 g/mol. The van der Waals surface area contributed by atoms with Gasteiger partial charge in [-0.15, -0.1) is 0 Å². The third-order valence-corrected chi connectivity index (χ3v) is 1.54. The van der Waals surface area contributed by atoms with Gasteiger partial charge in [0.05, 0.1) is 24.8 Å². The number of ether oxygens (including phenoxy) is 2. The van der Waals surface area contributed by atoms with Crippen molar-refractivity contribution in [2.45, 2.75) is 26.3 Å². The number of carbonyl (C=O) groups excluding carboxylic acids is 2. The van der Waals surface area contributed by atoms with Crippen molar-refractivity contribution in [1.82, 2.24) is 0 Å². The molecule has 0 aliphatic heterocycles. The average molecular weight is 231 g/mol. The summed E-state index contributed by atoms with van der Waals surface area (Å²) in [7, 11) is 0. The number of isothiocyanates is 1. The SMILES string of the molecule is CCOC(=O)C[C@@H](N=C=S)C(=O)OCC. The summed E-state index contributed by atoms with van der Waals surface area (Å²) >= 11 is 4.37.